The third kappa shape index (κ3) is 5.45. The first kappa shape index (κ1) is 19.2. The van der Waals surface area contributed by atoms with E-state index in [9.17, 15) is 9.59 Å². The minimum absolute atomic E-state index is 0.165. The molecule has 0 aromatic heterocycles. The summed E-state index contributed by atoms with van der Waals surface area (Å²) in [5.41, 5.74) is 1.33. The number of para-hydroxylation sites is 1. The molecule has 0 unspecified atom stereocenters. The van der Waals surface area contributed by atoms with E-state index in [1.165, 1.54) is 0 Å². The molecule has 0 fully saturated rings. The van der Waals surface area contributed by atoms with Gasteiger partial charge in [-0.15, -0.1) is 0 Å². The van der Waals surface area contributed by atoms with Crippen LogP contribution in [0.5, 0.6) is 11.5 Å². The summed E-state index contributed by atoms with van der Waals surface area (Å²) < 4.78 is 10.8. The summed E-state index contributed by atoms with van der Waals surface area (Å²) in [4.78, 5) is 24.1. The molecule has 0 heterocycles. The number of hydrogen-bond donors (Lipinski definition) is 1. The van der Waals surface area contributed by atoms with E-state index in [2.05, 4.69) is 5.32 Å². The summed E-state index contributed by atoms with van der Waals surface area (Å²) in [6.45, 7) is 1.54. The zero-order valence-corrected chi connectivity index (χ0v) is 15.5. The van der Waals surface area contributed by atoms with Gasteiger partial charge in [0, 0.05) is 0 Å². The van der Waals surface area contributed by atoms with Crippen molar-refractivity contribution in [1.29, 1.82) is 0 Å². The predicted octanol–water partition coefficient (Wildman–Crippen LogP) is 4.51. The maximum atomic E-state index is 12.1. The van der Waals surface area contributed by atoms with Crippen LogP contribution < -0.4 is 10.1 Å². The molecule has 0 saturated carbocycles. The van der Waals surface area contributed by atoms with Gasteiger partial charge in [-0.2, -0.15) is 0 Å². The molecule has 28 heavy (non-hydrogen) atoms. The van der Waals surface area contributed by atoms with Gasteiger partial charge in [-0.25, -0.2) is 4.79 Å². The first-order valence-electron chi connectivity index (χ1n) is 8.96. The van der Waals surface area contributed by atoms with E-state index in [0.29, 0.717) is 17.1 Å². The molecule has 1 atom stereocenters. The van der Waals surface area contributed by atoms with Crippen molar-refractivity contribution in [1.82, 2.24) is 5.32 Å². The summed E-state index contributed by atoms with van der Waals surface area (Å²) in [6.07, 6.45) is 0. The monoisotopic (exact) mass is 375 g/mol. The molecule has 0 aliphatic rings. The summed E-state index contributed by atoms with van der Waals surface area (Å²) in [6, 6.07) is 25.3. The lowest BCUT2D eigenvalue weighted by molar-refractivity contribution is -0.124. The van der Waals surface area contributed by atoms with Gasteiger partial charge in [-0.05, 0) is 48.9 Å². The van der Waals surface area contributed by atoms with Crippen LogP contribution in [-0.2, 0) is 9.53 Å². The average molecular weight is 375 g/mol. The lowest BCUT2D eigenvalue weighted by atomic mass is 10.1. The Balaban J connectivity index is 1.48. The number of carbonyl (C=O) groups is 2. The van der Waals surface area contributed by atoms with Gasteiger partial charge in [0.25, 0.3) is 5.91 Å². The van der Waals surface area contributed by atoms with Gasteiger partial charge in [0.05, 0.1) is 11.6 Å². The Bertz CT molecular complexity index is 908. The van der Waals surface area contributed by atoms with E-state index in [0.717, 1.165) is 5.56 Å². The number of rotatable bonds is 7. The fourth-order valence-corrected chi connectivity index (χ4v) is 2.61. The maximum Gasteiger partial charge on any atom is 0.338 e. The standard InChI is InChI=1S/C23H21NO4/c1-17(18-8-4-2-5-9-18)24-22(25)16-27-23(26)19-12-14-21(15-13-19)28-20-10-6-3-7-11-20/h2-15,17H,16H2,1H3,(H,24,25)/t17-/m0/s1. The Morgan fingerprint density at radius 3 is 2.04 bits per heavy atom. The second-order valence-electron chi connectivity index (χ2n) is 6.22. The molecule has 1 N–H and O–H groups in total. The van der Waals surface area contributed by atoms with Crippen LogP contribution in [0, 0.1) is 0 Å². The fourth-order valence-electron chi connectivity index (χ4n) is 2.61. The number of esters is 1. The summed E-state index contributed by atoms with van der Waals surface area (Å²) >= 11 is 0. The molecule has 1 amide bonds. The molecule has 3 aromatic rings. The number of carbonyl (C=O) groups excluding carboxylic acids is 2. The van der Waals surface area contributed by atoms with Gasteiger partial charge in [0.2, 0.25) is 0 Å². The smallest absolute Gasteiger partial charge is 0.338 e. The van der Waals surface area contributed by atoms with Crippen molar-refractivity contribution in [2.45, 2.75) is 13.0 Å². The predicted molar refractivity (Wildman–Crippen MR) is 106 cm³/mol. The second kappa shape index (κ2) is 9.37. The molecular weight excluding hydrogens is 354 g/mol. The molecule has 0 aliphatic heterocycles. The third-order valence-electron chi connectivity index (χ3n) is 4.08. The Morgan fingerprint density at radius 1 is 0.821 bits per heavy atom. The molecule has 3 aromatic carbocycles. The molecule has 0 radical (unpaired) electrons. The zero-order valence-electron chi connectivity index (χ0n) is 15.5. The number of ether oxygens (including phenoxy) is 2. The molecule has 3 rings (SSSR count). The van der Waals surface area contributed by atoms with E-state index in [-0.39, 0.29) is 18.6 Å². The highest BCUT2D eigenvalue weighted by Gasteiger charge is 2.13. The van der Waals surface area contributed by atoms with Crippen LogP contribution in [0.1, 0.15) is 28.9 Å². The topological polar surface area (TPSA) is 64.6 Å². The highest BCUT2D eigenvalue weighted by molar-refractivity contribution is 5.91. The Hall–Kier alpha value is -3.60. The van der Waals surface area contributed by atoms with Gasteiger partial charge < -0.3 is 14.8 Å². The maximum absolute atomic E-state index is 12.1. The van der Waals surface area contributed by atoms with Crippen LogP contribution in [-0.4, -0.2) is 18.5 Å². The minimum Gasteiger partial charge on any atom is -0.457 e. The van der Waals surface area contributed by atoms with Crippen molar-refractivity contribution < 1.29 is 19.1 Å². The summed E-state index contributed by atoms with van der Waals surface area (Å²) in [7, 11) is 0. The van der Waals surface area contributed by atoms with Crippen molar-refractivity contribution >= 4 is 11.9 Å². The third-order valence-corrected chi connectivity index (χ3v) is 4.08. The van der Waals surface area contributed by atoms with Gasteiger partial charge in [-0.3, -0.25) is 4.79 Å². The van der Waals surface area contributed by atoms with Gasteiger partial charge in [0.1, 0.15) is 11.5 Å². The van der Waals surface area contributed by atoms with Crippen molar-refractivity contribution in [3.05, 3.63) is 96.1 Å². The van der Waals surface area contributed by atoms with E-state index in [1.807, 2.05) is 67.6 Å². The van der Waals surface area contributed by atoms with Gasteiger partial charge in [-0.1, -0.05) is 48.5 Å². The number of hydrogen-bond acceptors (Lipinski definition) is 4. The first-order valence-corrected chi connectivity index (χ1v) is 8.96. The van der Waals surface area contributed by atoms with Crippen molar-refractivity contribution in [2.75, 3.05) is 6.61 Å². The Kier molecular flexibility index (Phi) is 6.41. The molecule has 5 nitrogen and oxygen atoms in total. The van der Waals surface area contributed by atoms with Crippen LogP contribution in [0.4, 0.5) is 0 Å². The van der Waals surface area contributed by atoms with Crippen LogP contribution in [0.15, 0.2) is 84.9 Å². The first-order chi connectivity index (χ1) is 13.6. The largest absolute Gasteiger partial charge is 0.457 e. The molecule has 0 aliphatic carbocycles. The van der Waals surface area contributed by atoms with Crippen LogP contribution in [0.2, 0.25) is 0 Å². The quantitative estimate of drug-likeness (QED) is 0.617. The SMILES string of the molecule is C[C@H](NC(=O)COC(=O)c1ccc(Oc2ccccc2)cc1)c1ccccc1. The molecule has 0 saturated heterocycles. The molecule has 5 heteroatoms. The minimum atomic E-state index is -0.561. The van der Waals surface area contributed by atoms with E-state index in [1.54, 1.807) is 24.3 Å². The fraction of sp³-hybridized carbons (Fsp3) is 0.130. The van der Waals surface area contributed by atoms with E-state index >= 15 is 0 Å². The number of nitrogens with one attached hydrogen (secondary N) is 1. The lowest BCUT2D eigenvalue weighted by Crippen LogP contribution is -2.31. The van der Waals surface area contributed by atoms with Crippen LogP contribution in [0.25, 0.3) is 0 Å². The molecular formula is C23H21NO4. The normalized spacial score (nSPS) is 11.3. The van der Waals surface area contributed by atoms with E-state index < -0.39 is 5.97 Å². The molecule has 142 valence electrons. The highest BCUT2D eigenvalue weighted by Crippen LogP contribution is 2.21. The summed E-state index contributed by atoms with van der Waals surface area (Å²) in [5, 5.41) is 2.80. The van der Waals surface area contributed by atoms with Crippen molar-refractivity contribution in [3.8, 4) is 11.5 Å². The Morgan fingerprint density at radius 2 is 1.39 bits per heavy atom. The zero-order chi connectivity index (χ0) is 19.8. The van der Waals surface area contributed by atoms with Gasteiger partial charge in [0.15, 0.2) is 6.61 Å². The van der Waals surface area contributed by atoms with Crippen LogP contribution >= 0.6 is 0 Å². The molecule has 0 bridgehead atoms. The number of amides is 1. The summed E-state index contributed by atoms with van der Waals surface area (Å²) in [5.74, 6) is 0.404. The van der Waals surface area contributed by atoms with Gasteiger partial charge >= 0.3 is 5.97 Å². The van der Waals surface area contributed by atoms with Crippen molar-refractivity contribution in [2.24, 2.45) is 0 Å². The van der Waals surface area contributed by atoms with Crippen molar-refractivity contribution in [3.63, 3.8) is 0 Å². The Labute approximate surface area is 163 Å². The van der Waals surface area contributed by atoms with E-state index in [4.69, 9.17) is 9.47 Å². The number of benzene rings is 3. The molecule has 0 spiro atoms. The second-order valence-corrected chi connectivity index (χ2v) is 6.22. The highest BCUT2D eigenvalue weighted by atomic mass is 16.5. The average Bonchev–Trinajstić information content (AvgIpc) is 2.74. The lowest BCUT2D eigenvalue weighted by Gasteiger charge is -2.14. The van der Waals surface area contributed by atoms with Crippen LogP contribution in [0.3, 0.4) is 0 Å².